The Bertz CT molecular complexity index is 1300. The molecule has 0 atom stereocenters. The van der Waals surface area contributed by atoms with Gasteiger partial charge < -0.3 is 23.4 Å². The number of rotatable bonds is 1. The van der Waals surface area contributed by atoms with Gasteiger partial charge in [-0.15, -0.1) is 0 Å². The molecule has 25 heavy (non-hydrogen) atoms. The summed E-state index contributed by atoms with van der Waals surface area (Å²) >= 11 is 0. The lowest BCUT2D eigenvalue weighted by atomic mass is 10.1. The van der Waals surface area contributed by atoms with Crippen LogP contribution >= 0.6 is 0 Å². The Morgan fingerprint density at radius 1 is 0.680 bits per heavy atom. The number of primary amides is 1. The number of carbonyl (C=O) groups is 1. The van der Waals surface area contributed by atoms with E-state index in [1.54, 1.807) is 0 Å². The zero-order valence-corrected chi connectivity index (χ0v) is 12.1. The summed E-state index contributed by atoms with van der Waals surface area (Å²) in [5.41, 5.74) is -1.31. The summed E-state index contributed by atoms with van der Waals surface area (Å²) in [7, 11) is 0. The van der Waals surface area contributed by atoms with Crippen LogP contribution in [0.3, 0.4) is 0 Å². The molecule has 1 aromatic carbocycles. The van der Waals surface area contributed by atoms with E-state index in [1.165, 1.54) is 0 Å². The molecule has 2 N–H and O–H groups in total. The van der Waals surface area contributed by atoms with Gasteiger partial charge >= 0.3 is 22.5 Å². The van der Waals surface area contributed by atoms with Gasteiger partial charge in [-0.2, -0.15) is 0 Å². The van der Waals surface area contributed by atoms with Crippen molar-refractivity contribution in [2.75, 3.05) is 0 Å². The largest absolute Gasteiger partial charge is 0.419 e. The predicted molar refractivity (Wildman–Crippen MR) is 81.7 cm³/mol. The first-order valence-electron chi connectivity index (χ1n) is 6.59. The summed E-state index contributed by atoms with van der Waals surface area (Å²) < 4.78 is 19.7. The topological polar surface area (TPSA) is 164 Å². The highest BCUT2D eigenvalue weighted by Crippen LogP contribution is 2.24. The summed E-state index contributed by atoms with van der Waals surface area (Å²) in [5, 5.41) is 0. The molecule has 0 fully saturated rings. The van der Waals surface area contributed by atoms with E-state index < -0.39 is 56.3 Å². The van der Waals surface area contributed by atoms with Crippen LogP contribution in [0.5, 0.6) is 0 Å². The maximum absolute atomic E-state index is 11.7. The Hall–Kier alpha value is -3.95. The Kier molecular flexibility index (Phi) is 3.77. The molecule has 10 nitrogen and oxygen atoms in total. The van der Waals surface area contributed by atoms with E-state index >= 15 is 0 Å². The van der Waals surface area contributed by atoms with Crippen molar-refractivity contribution in [3.63, 3.8) is 0 Å². The van der Waals surface area contributed by atoms with Crippen LogP contribution in [0.1, 0.15) is 10.4 Å². The molecule has 3 rings (SSSR count). The maximum Gasteiger partial charge on any atom is 0.336 e. The van der Waals surface area contributed by atoms with Crippen molar-refractivity contribution in [2.24, 2.45) is 5.73 Å². The van der Waals surface area contributed by atoms with Gasteiger partial charge in [0, 0.05) is 30.3 Å². The molecule has 126 valence electrons. The van der Waals surface area contributed by atoms with E-state index in [4.69, 9.17) is 23.4 Å². The van der Waals surface area contributed by atoms with E-state index in [1.807, 2.05) is 0 Å². The second-order valence-electron chi connectivity index (χ2n) is 4.62. The maximum atomic E-state index is 11.7. The third-order valence-electron chi connectivity index (χ3n) is 2.95. The molecule has 0 saturated carbocycles. The fourth-order valence-corrected chi connectivity index (χ4v) is 1.97. The SMILES string of the molecule is NC(=O)c1cc2oc(=O)ccc(=O)oc2c2oc(=O)ccc(=O)oc12. The van der Waals surface area contributed by atoms with Gasteiger partial charge in [-0.3, -0.25) is 4.79 Å². The number of amides is 1. The summed E-state index contributed by atoms with van der Waals surface area (Å²) in [5.74, 6) is -1.08. The van der Waals surface area contributed by atoms with Gasteiger partial charge in [-0.1, -0.05) is 0 Å². The molecule has 0 aliphatic rings. The molecular formula is C15H7NO9. The molecule has 0 saturated heterocycles. The zero-order chi connectivity index (χ0) is 18.1. The van der Waals surface area contributed by atoms with Gasteiger partial charge in [0.15, 0.2) is 11.2 Å². The van der Waals surface area contributed by atoms with E-state index in [9.17, 15) is 24.0 Å². The van der Waals surface area contributed by atoms with Gasteiger partial charge in [0.2, 0.25) is 11.2 Å². The third-order valence-corrected chi connectivity index (χ3v) is 2.95. The molecule has 0 spiro atoms. The van der Waals surface area contributed by atoms with E-state index in [0.717, 1.165) is 30.3 Å². The molecule has 0 radical (unpaired) electrons. The number of benzene rings is 1. The van der Waals surface area contributed by atoms with E-state index in [-0.39, 0.29) is 0 Å². The average Bonchev–Trinajstić information content (AvgIpc) is 2.53. The number of nitrogens with two attached hydrogens (primary N) is 1. The van der Waals surface area contributed by atoms with Crippen LogP contribution in [0.25, 0.3) is 22.3 Å². The molecule has 0 aliphatic carbocycles. The predicted octanol–water partition coefficient (Wildman–Crippen LogP) is 0.0291. The lowest BCUT2D eigenvalue weighted by Crippen LogP contribution is -2.13. The minimum absolute atomic E-state index is 0.427. The quantitative estimate of drug-likeness (QED) is 0.640. The van der Waals surface area contributed by atoms with Crippen LogP contribution in [-0.2, 0) is 0 Å². The molecule has 0 aliphatic heterocycles. The van der Waals surface area contributed by atoms with Crippen LogP contribution in [0.4, 0.5) is 0 Å². The van der Waals surface area contributed by atoms with Crippen molar-refractivity contribution in [3.8, 4) is 0 Å². The van der Waals surface area contributed by atoms with Crippen molar-refractivity contribution in [1.82, 2.24) is 0 Å². The molecule has 2 aromatic heterocycles. The van der Waals surface area contributed by atoms with Gasteiger partial charge in [0.25, 0.3) is 5.91 Å². The standard InChI is InChI=1S/C15H7NO9/c16-15(21)6-5-7-13(24-10(19)2-1-8(17)22-7)14-12(6)23-9(18)3-4-11(20)25-14/h1-5H,(H2,16,21). The highest BCUT2D eigenvalue weighted by molar-refractivity contribution is 6.09. The Morgan fingerprint density at radius 2 is 1.12 bits per heavy atom. The van der Waals surface area contributed by atoms with Crippen molar-refractivity contribution in [1.29, 1.82) is 0 Å². The van der Waals surface area contributed by atoms with Crippen molar-refractivity contribution in [3.05, 3.63) is 77.6 Å². The van der Waals surface area contributed by atoms with Crippen molar-refractivity contribution < 1.29 is 22.5 Å². The summed E-state index contributed by atoms with van der Waals surface area (Å²) in [6, 6.07) is 4.01. The highest BCUT2D eigenvalue weighted by Gasteiger charge is 2.18. The Labute approximate surface area is 135 Å². The summed E-state index contributed by atoms with van der Waals surface area (Å²) in [4.78, 5) is 58.3. The van der Waals surface area contributed by atoms with Gasteiger partial charge in [-0.25, -0.2) is 19.2 Å². The molecular weight excluding hydrogens is 338 g/mol. The fourth-order valence-electron chi connectivity index (χ4n) is 1.97. The molecule has 0 bridgehead atoms. The minimum Gasteiger partial charge on any atom is -0.419 e. The van der Waals surface area contributed by atoms with Crippen LogP contribution in [0.15, 0.2) is 67.2 Å². The molecule has 2 heterocycles. The lowest BCUT2D eigenvalue weighted by molar-refractivity contribution is 0.100. The summed E-state index contributed by atoms with van der Waals surface area (Å²) in [6.07, 6.45) is 0. The fraction of sp³-hybridized carbons (Fsp3) is 0. The van der Waals surface area contributed by atoms with Crippen LogP contribution < -0.4 is 28.2 Å². The number of hydrogen-bond donors (Lipinski definition) is 1. The van der Waals surface area contributed by atoms with Crippen LogP contribution in [-0.4, -0.2) is 5.91 Å². The monoisotopic (exact) mass is 345 g/mol. The second kappa shape index (κ2) is 5.92. The second-order valence-corrected chi connectivity index (χ2v) is 4.62. The van der Waals surface area contributed by atoms with Crippen LogP contribution in [0, 0.1) is 0 Å². The molecule has 3 aromatic rings. The van der Waals surface area contributed by atoms with Gasteiger partial charge in [0.1, 0.15) is 0 Å². The molecule has 1 amide bonds. The first kappa shape index (κ1) is 15.9. The number of hydrogen-bond acceptors (Lipinski definition) is 9. The first-order chi connectivity index (χ1) is 11.8. The number of carbonyl (C=O) groups excluding carboxylic acids is 1. The van der Waals surface area contributed by atoms with Gasteiger partial charge in [0.05, 0.1) is 5.56 Å². The smallest absolute Gasteiger partial charge is 0.336 e. The highest BCUT2D eigenvalue weighted by atomic mass is 16.4. The molecule has 10 heteroatoms. The minimum atomic E-state index is -1.08. The average molecular weight is 345 g/mol. The van der Waals surface area contributed by atoms with Crippen molar-refractivity contribution >= 4 is 28.2 Å². The first-order valence-corrected chi connectivity index (χ1v) is 6.59. The van der Waals surface area contributed by atoms with Gasteiger partial charge in [-0.05, 0) is 0 Å². The Balaban J connectivity index is 2.82. The van der Waals surface area contributed by atoms with E-state index in [2.05, 4.69) is 0 Å². The zero-order valence-electron chi connectivity index (χ0n) is 12.1. The number of fused-ring (bicyclic) bond motifs is 3. The third kappa shape index (κ3) is 3.08. The molecule has 0 unspecified atom stereocenters. The van der Waals surface area contributed by atoms with E-state index in [0.29, 0.717) is 0 Å². The Morgan fingerprint density at radius 3 is 1.64 bits per heavy atom. The van der Waals surface area contributed by atoms with Crippen LogP contribution in [0.2, 0.25) is 0 Å². The normalized spacial score (nSPS) is 10.6. The summed E-state index contributed by atoms with van der Waals surface area (Å²) in [6.45, 7) is 0. The van der Waals surface area contributed by atoms with Crippen molar-refractivity contribution in [2.45, 2.75) is 0 Å². The lowest BCUT2D eigenvalue weighted by Gasteiger charge is -2.01.